The zero-order chi connectivity index (χ0) is 20.5. The van der Waals surface area contributed by atoms with E-state index in [-0.39, 0.29) is 18.3 Å². The molecule has 2 rings (SSSR count). The van der Waals surface area contributed by atoms with Gasteiger partial charge in [-0.15, -0.1) is 0 Å². The van der Waals surface area contributed by atoms with Crippen LogP contribution in [0, 0.1) is 6.92 Å². The van der Waals surface area contributed by atoms with Crippen LogP contribution >= 0.6 is 39.7 Å². The van der Waals surface area contributed by atoms with E-state index in [9.17, 15) is 9.59 Å². The van der Waals surface area contributed by atoms with Crippen LogP contribution in [0.3, 0.4) is 0 Å². The molecule has 0 spiro atoms. The molecule has 0 aromatic heterocycles. The second-order valence-electron chi connectivity index (χ2n) is 5.52. The van der Waals surface area contributed by atoms with Gasteiger partial charge in [-0.05, 0) is 77.0 Å². The summed E-state index contributed by atoms with van der Waals surface area (Å²) in [5.41, 5.74) is 5.80. The Morgan fingerprint density at radius 1 is 1.04 bits per heavy atom. The van der Waals surface area contributed by atoms with Crippen molar-refractivity contribution in [1.29, 1.82) is 0 Å². The van der Waals surface area contributed by atoms with E-state index >= 15 is 0 Å². The quantitative estimate of drug-likeness (QED) is 0.430. The first-order valence-corrected chi connectivity index (χ1v) is 9.57. The number of hydrazine groups is 1. The molecular weight excluding hydrogens is 470 g/mol. The van der Waals surface area contributed by atoms with Crippen LogP contribution in [-0.2, 0) is 9.59 Å². The molecule has 0 fully saturated rings. The molecule has 0 heterocycles. The van der Waals surface area contributed by atoms with Gasteiger partial charge in [-0.25, -0.2) is 0 Å². The summed E-state index contributed by atoms with van der Waals surface area (Å²) in [6.45, 7) is 1.47. The summed E-state index contributed by atoms with van der Waals surface area (Å²) in [7, 11) is 0. The third kappa shape index (κ3) is 7.71. The number of carbonyl (C=O) groups is 2. The Morgan fingerprint density at radius 2 is 1.71 bits per heavy atom. The Kier molecular flexibility index (Phi) is 8.49. The standard InChI is InChI=1S/C18H17BrClN3O4S/c1-11-2-7-15(14(19)8-11)27-10-17(25)22-23-18(28)21-16(24)9-26-13-5-3-12(20)4-6-13/h2-8H,9-10H2,1H3,(H,22,25)(H2,21,23,24,28). The lowest BCUT2D eigenvalue weighted by molar-refractivity contribution is -0.124. The van der Waals surface area contributed by atoms with Crippen molar-refractivity contribution in [1.82, 2.24) is 16.2 Å². The normalized spacial score (nSPS) is 9.96. The van der Waals surface area contributed by atoms with Gasteiger partial charge in [-0.1, -0.05) is 17.7 Å². The first kappa shape index (κ1) is 21.9. The molecule has 2 aromatic carbocycles. The van der Waals surface area contributed by atoms with E-state index in [1.165, 1.54) is 0 Å². The molecule has 3 N–H and O–H groups in total. The number of ether oxygens (including phenoxy) is 2. The number of halogens is 2. The summed E-state index contributed by atoms with van der Waals surface area (Å²) in [5, 5.41) is 2.87. The summed E-state index contributed by atoms with van der Waals surface area (Å²) in [5.74, 6) is 0.0742. The molecule has 2 aromatic rings. The van der Waals surface area contributed by atoms with Gasteiger partial charge in [0.15, 0.2) is 18.3 Å². The first-order chi connectivity index (χ1) is 13.3. The van der Waals surface area contributed by atoms with Crippen molar-refractivity contribution < 1.29 is 19.1 Å². The highest BCUT2D eigenvalue weighted by molar-refractivity contribution is 9.10. The first-order valence-electron chi connectivity index (χ1n) is 7.99. The minimum atomic E-state index is -0.485. The van der Waals surface area contributed by atoms with E-state index in [1.54, 1.807) is 30.3 Å². The summed E-state index contributed by atoms with van der Waals surface area (Å²) < 4.78 is 11.4. The summed E-state index contributed by atoms with van der Waals surface area (Å²) in [6, 6.07) is 12.1. The third-order valence-corrected chi connectivity index (χ3v) is 4.27. The second-order valence-corrected chi connectivity index (χ2v) is 7.21. The van der Waals surface area contributed by atoms with E-state index in [1.807, 2.05) is 19.1 Å². The SMILES string of the molecule is Cc1ccc(OCC(=O)NNC(=S)NC(=O)COc2ccc(Cl)cc2)c(Br)c1. The molecule has 0 atom stereocenters. The van der Waals surface area contributed by atoms with Gasteiger partial charge < -0.3 is 9.47 Å². The van der Waals surface area contributed by atoms with Gasteiger partial charge in [0.25, 0.3) is 11.8 Å². The van der Waals surface area contributed by atoms with E-state index in [0.29, 0.717) is 16.5 Å². The van der Waals surface area contributed by atoms with E-state index in [4.69, 9.17) is 33.3 Å². The number of carbonyl (C=O) groups excluding carboxylic acids is 2. The number of thiocarbonyl (C=S) groups is 1. The number of aryl methyl sites for hydroxylation is 1. The number of hydrogen-bond donors (Lipinski definition) is 3. The molecule has 7 nitrogen and oxygen atoms in total. The summed E-state index contributed by atoms with van der Waals surface area (Å²) in [4.78, 5) is 23.6. The van der Waals surface area contributed by atoms with Crippen molar-refractivity contribution in [2.75, 3.05) is 13.2 Å². The van der Waals surface area contributed by atoms with Gasteiger partial charge >= 0.3 is 0 Å². The predicted molar refractivity (Wildman–Crippen MR) is 113 cm³/mol. The third-order valence-electron chi connectivity index (χ3n) is 3.20. The van der Waals surface area contributed by atoms with Crippen molar-refractivity contribution in [3.05, 3.63) is 57.5 Å². The Hall–Kier alpha value is -2.36. The van der Waals surface area contributed by atoms with Crippen molar-refractivity contribution in [2.24, 2.45) is 0 Å². The fourth-order valence-corrected chi connectivity index (χ4v) is 2.80. The molecule has 0 saturated heterocycles. The van der Waals surface area contributed by atoms with Crippen LogP contribution in [0.15, 0.2) is 46.9 Å². The van der Waals surface area contributed by atoms with Gasteiger partial charge in [0, 0.05) is 5.02 Å². The van der Waals surface area contributed by atoms with Gasteiger partial charge in [-0.3, -0.25) is 25.8 Å². The van der Waals surface area contributed by atoms with Crippen LogP contribution in [0.2, 0.25) is 5.02 Å². The molecule has 28 heavy (non-hydrogen) atoms. The molecule has 0 unspecified atom stereocenters. The van der Waals surface area contributed by atoms with E-state index in [2.05, 4.69) is 32.1 Å². The number of hydrogen-bond acceptors (Lipinski definition) is 5. The molecule has 2 amide bonds. The fourth-order valence-electron chi connectivity index (χ4n) is 1.90. The summed E-state index contributed by atoms with van der Waals surface area (Å²) in [6.07, 6.45) is 0. The topological polar surface area (TPSA) is 88.7 Å². The van der Waals surface area contributed by atoms with Crippen LogP contribution in [-0.4, -0.2) is 30.1 Å². The lowest BCUT2D eigenvalue weighted by Gasteiger charge is -2.12. The van der Waals surface area contributed by atoms with E-state index < -0.39 is 11.8 Å². The van der Waals surface area contributed by atoms with Crippen molar-refractivity contribution in [3.8, 4) is 11.5 Å². The van der Waals surface area contributed by atoms with Gasteiger partial charge in [0.05, 0.1) is 4.47 Å². The highest BCUT2D eigenvalue weighted by Gasteiger charge is 2.09. The molecule has 148 valence electrons. The van der Waals surface area contributed by atoms with Crippen LogP contribution in [0.1, 0.15) is 5.56 Å². The lowest BCUT2D eigenvalue weighted by Crippen LogP contribution is -2.50. The van der Waals surface area contributed by atoms with Crippen molar-refractivity contribution >= 4 is 56.7 Å². The predicted octanol–water partition coefficient (Wildman–Crippen LogP) is 2.89. The largest absolute Gasteiger partial charge is 0.484 e. The zero-order valence-corrected chi connectivity index (χ0v) is 17.9. The smallest absolute Gasteiger partial charge is 0.276 e. The van der Waals surface area contributed by atoms with Crippen LogP contribution in [0.25, 0.3) is 0 Å². The average Bonchev–Trinajstić information content (AvgIpc) is 2.65. The van der Waals surface area contributed by atoms with Crippen LogP contribution in [0.4, 0.5) is 0 Å². The Bertz CT molecular complexity index is 864. The molecule has 0 aliphatic rings. The molecule has 0 aliphatic carbocycles. The maximum atomic E-state index is 11.8. The monoisotopic (exact) mass is 485 g/mol. The molecule has 0 radical (unpaired) electrons. The molecule has 0 bridgehead atoms. The van der Waals surface area contributed by atoms with Crippen LogP contribution in [0.5, 0.6) is 11.5 Å². The number of nitrogens with one attached hydrogen (secondary N) is 3. The van der Waals surface area contributed by atoms with E-state index in [0.717, 1.165) is 10.0 Å². The van der Waals surface area contributed by atoms with Gasteiger partial charge in [0.1, 0.15) is 11.5 Å². The molecular formula is C18H17BrClN3O4S. The highest BCUT2D eigenvalue weighted by Crippen LogP contribution is 2.25. The maximum Gasteiger partial charge on any atom is 0.276 e. The van der Waals surface area contributed by atoms with Crippen molar-refractivity contribution in [2.45, 2.75) is 6.92 Å². The Balaban J connectivity index is 1.66. The number of rotatable bonds is 6. The van der Waals surface area contributed by atoms with Crippen molar-refractivity contribution in [3.63, 3.8) is 0 Å². The highest BCUT2D eigenvalue weighted by atomic mass is 79.9. The minimum Gasteiger partial charge on any atom is -0.484 e. The molecule has 0 saturated carbocycles. The van der Waals surface area contributed by atoms with Crippen LogP contribution < -0.4 is 25.6 Å². The average molecular weight is 487 g/mol. The zero-order valence-electron chi connectivity index (χ0n) is 14.8. The van der Waals surface area contributed by atoms with Gasteiger partial charge in [-0.2, -0.15) is 0 Å². The number of benzene rings is 2. The number of amides is 2. The van der Waals surface area contributed by atoms with Gasteiger partial charge in [0.2, 0.25) is 0 Å². The Morgan fingerprint density at radius 3 is 2.39 bits per heavy atom. The maximum absolute atomic E-state index is 11.8. The fraction of sp³-hybridized carbons (Fsp3) is 0.167. The molecule has 10 heteroatoms. The Labute approximate surface area is 180 Å². The molecule has 0 aliphatic heterocycles. The summed E-state index contributed by atoms with van der Waals surface area (Å²) >= 11 is 14.1. The second kappa shape index (κ2) is 10.8. The lowest BCUT2D eigenvalue weighted by atomic mass is 10.2. The minimum absolute atomic E-state index is 0.0745.